The van der Waals surface area contributed by atoms with Crippen LogP contribution < -0.4 is 6.15 Å². The van der Waals surface area contributed by atoms with E-state index in [2.05, 4.69) is 0 Å². The number of hydrogen-bond acceptors (Lipinski definition) is 3. The van der Waals surface area contributed by atoms with E-state index in [-0.39, 0.29) is 17.5 Å². The Morgan fingerprint density at radius 3 is 2.42 bits per heavy atom. The van der Waals surface area contributed by atoms with Gasteiger partial charge in [-0.15, -0.1) is 0 Å². The zero-order valence-corrected chi connectivity index (χ0v) is 6.74. The number of carboxylic acids is 1. The molecular weight excluding hydrogens is 158 g/mol. The smallest absolute Gasteiger partial charge is 0.339 e. The lowest BCUT2D eigenvalue weighted by molar-refractivity contribution is 0.0693. The van der Waals surface area contributed by atoms with E-state index in [4.69, 9.17) is 5.11 Å². The van der Waals surface area contributed by atoms with Crippen molar-refractivity contribution < 1.29 is 15.0 Å². The maximum atomic E-state index is 10.4. The maximum absolute atomic E-state index is 10.4. The number of rotatable bonds is 1. The van der Waals surface area contributed by atoms with Crippen LogP contribution >= 0.6 is 0 Å². The molecule has 5 N–H and O–H groups in total. The molecule has 4 heteroatoms. The second kappa shape index (κ2) is 3.73. The van der Waals surface area contributed by atoms with Crippen LogP contribution in [-0.4, -0.2) is 16.2 Å². The van der Waals surface area contributed by atoms with E-state index >= 15 is 0 Å². The van der Waals surface area contributed by atoms with Crippen LogP contribution in [0, 0.1) is 6.92 Å². The molecule has 0 atom stereocenters. The number of carboxylic acid groups (broad SMARTS) is 1. The number of para-hydroxylation sites is 1. The average molecular weight is 169 g/mol. The van der Waals surface area contributed by atoms with Crippen molar-refractivity contribution in [3.8, 4) is 5.75 Å². The number of aromatic hydroxyl groups is 1. The summed E-state index contributed by atoms with van der Waals surface area (Å²) in [5.41, 5.74) is 0.523. The highest BCUT2D eigenvalue weighted by molar-refractivity contribution is 5.91. The summed E-state index contributed by atoms with van der Waals surface area (Å²) in [6.07, 6.45) is 0. The molecule has 0 aliphatic carbocycles. The summed E-state index contributed by atoms with van der Waals surface area (Å²) in [4.78, 5) is 10.4. The molecule has 0 unspecified atom stereocenters. The minimum Gasteiger partial charge on any atom is -0.507 e. The molecule has 0 heterocycles. The molecule has 66 valence electrons. The molecule has 0 saturated heterocycles. The Morgan fingerprint density at radius 1 is 1.42 bits per heavy atom. The van der Waals surface area contributed by atoms with Crippen LogP contribution in [0.1, 0.15) is 15.9 Å². The van der Waals surface area contributed by atoms with Crippen LogP contribution in [0.15, 0.2) is 18.2 Å². The first-order valence-electron chi connectivity index (χ1n) is 3.15. The molecule has 4 nitrogen and oxygen atoms in total. The SMILES string of the molecule is Cc1cccc(C(=O)O)c1O.N. The van der Waals surface area contributed by atoms with Gasteiger partial charge in [0, 0.05) is 0 Å². The number of hydrogen-bond donors (Lipinski definition) is 3. The van der Waals surface area contributed by atoms with Gasteiger partial charge in [0.1, 0.15) is 11.3 Å². The van der Waals surface area contributed by atoms with Crippen molar-refractivity contribution in [2.75, 3.05) is 0 Å². The second-order valence-corrected chi connectivity index (χ2v) is 2.28. The Balaban J connectivity index is 0.00000121. The van der Waals surface area contributed by atoms with Crippen molar-refractivity contribution in [2.45, 2.75) is 6.92 Å². The first-order valence-corrected chi connectivity index (χ1v) is 3.15. The Hall–Kier alpha value is -1.55. The fraction of sp³-hybridized carbons (Fsp3) is 0.125. The molecule has 12 heavy (non-hydrogen) atoms. The highest BCUT2D eigenvalue weighted by Gasteiger charge is 2.09. The molecule has 0 bridgehead atoms. The van der Waals surface area contributed by atoms with Crippen LogP contribution in [0.3, 0.4) is 0 Å². The zero-order chi connectivity index (χ0) is 8.43. The molecular formula is C8H11NO3. The third-order valence-corrected chi connectivity index (χ3v) is 1.47. The minimum absolute atomic E-state index is 0. The molecule has 0 saturated carbocycles. The standard InChI is InChI=1S/C8H8O3.H3N/c1-5-3-2-4-6(7(5)9)8(10)11;/h2-4,9H,1H3,(H,10,11);1H3. The minimum atomic E-state index is -1.11. The van der Waals surface area contributed by atoms with E-state index in [0.717, 1.165) is 0 Å². The summed E-state index contributed by atoms with van der Waals surface area (Å²) in [7, 11) is 0. The van der Waals surface area contributed by atoms with Crippen molar-refractivity contribution in [3.05, 3.63) is 29.3 Å². The molecule has 0 amide bonds. The zero-order valence-electron chi connectivity index (χ0n) is 6.74. The monoisotopic (exact) mass is 169 g/mol. The Morgan fingerprint density at radius 2 is 2.00 bits per heavy atom. The van der Waals surface area contributed by atoms with E-state index in [9.17, 15) is 9.90 Å². The average Bonchev–Trinajstić information content (AvgIpc) is 1.94. The highest BCUT2D eigenvalue weighted by Crippen LogP contribution is 2.20. The fourth-order valence-corrected chi connectivity index (χ4v) is 0.832. The summed E-state index contributed by atoms with van der Waals surface area (Å²) < 4.78 is 0. The van der Waals surface area contributed by atoms with Crippen LogP contribution in [0.25, 0.3) is 0 Å². The van der Waals surface area contributed by atoms with E-state index in [0.29, 0.717) is 5.56 Å². The molecule has 0 aromatic heterocycles. The lowest BCUT2D eigenvalue weighted by Gasteiger charge is -2.00. The quantitative estimate of drug-likeness (QED) is 0.594. The topological polar surface area (TPSA) is 92.5 Å². The van der Waals surface area contributed by atoms with Gasteiger partial charge < -0.3 is 16.4 Å². The molecule has 0 spiro atoms. The molecule has 1 rings (SSSR count). The summed E-state index contributed by atoms with van der Waals surface area (Å²) in [5, 5.41) is 17.7. The summed E-state index contributed by atoms with van der Waals surface area (Å²) in [6.45, 7) is 1.65. The van der Waals surface area contributed by atoms with Crippen LogP contribution in [-0.2, 0) is 0 Å². The van der Waals surface area contributed by atoms with Crippen molar-refractivity contribution in [2.24, 2.45) is 0 Å². The number of phenols is 1. The van der Waals surface area contributed by atoms with Crippen molar-refractivity contribution in [1.82, 2.24) is 6.15 Å². The molecule has 1 aromatic carbocycles. The number of carbonyl (C=O) groups is 1. The number of aromatic carboxylic acids is 1. The van der Waals surface area contributed by atoms with Gasteiger partial charge in [-0.1, -0.05) is 12.1 Å². The highest BCUT2D eigenvalue weighted by atomic mass is 16.4. The van der Waals surface area contributed by atoms with Gasteiger partial charge in [-0.05, 0) is 18.6 Å². The van der Waals surface area contributed by atoms with Gasteiger partial charge in [-0.2, -0.15) is 0 Å². The lowest BCUT2D eigenvalue weighted by atomic mass is 10.1. The van der Waals surface area contributed by atoms with Gasteiger partial charge in [0.15, 0.2) is 0 Å². The summed E-state index contributed by atoms with van der Waals surface area (Å²) >= 11 is 0. The van der Waals surface area contributed by atoms with Gasteiger partial charge in [-0.3, -0.25) is 0 Å². The second-order valence-electron chi connectivity index (χ2n) is 2.28. The summed E-state index contributed by atoms with van der Waals surface area (Å²) in [6, 6.07) is 4.62. The number of benzene rings is 1. The first-order chi connectivity index (χ1) is 5.13. The first kappa shape index (κ1) is 10.4. The van der Waals surface area contributed by atoms with Crippen molar-refractivity contribution >= 4 is 5.97 Å². The molecule has 0 fully saturated rings. The third-order valence-electron chi connectivity index (χ3n) is 1.47. The molecule has 0 radical (unpaired) electrons. The maximum Gasteiger partial charge on any atom is 0.339 e. The van der Waals surface area contributed by atoms with Gasteiger partial charge in [-0.25, -0.2) is 4.79 Å². The van der Waals surface area contributed by atoms with Gasteiger partial charge in [0.2, 0.25) is 0 Å². The van der Waals surface area contributed by atoms with E-state index in [1.807, 2.05) is 0 Å². The Bertz CT molecular complexity index is 296. The van der Waals surface area contributed by atoms with Crippen LogP contribution in [0.2, 0.25) is 0 Å². The van der Waals surface area contributed by atoms with Gasteiger partial charge in [0.05, 0.1) is 0 Å². The van der Waals surface area contributed by atoms with E-state index < -0.39 is 5.97 Å². The van der Waals surface area contributed by atoms with E-state index in [1.165, 1.54) is 6.07 Å². The van der Waals surface area contributed by atoms with Crippen LogP contribution in [0.5, 0.6) is 5.75 Å². The Labute approximate surface area is 70.0 Å². The molecule has 1 aromatic rings. The predicted octanol–water partition coefficient (Wildman–Crippen LogP) is 1.56. The van der Waals surface area contributed by atoms with Crippen LogP contribution in [0.4, 0.5) is 0 Å². The largest absolute Gasteiger partial charge is 0.507 e. The molecule has 0 aliphatic rings. The van der Waals surface area contributed by atoms with E-state index in [1.54, 1.807) is 19.1 Å². The van der Waals surface area contributed by atoms with Crippen molar-refractivity contribution in [3.63, 3.8) is 0 Å². The number of aryl methyl sites for hydroxylation is 1. The third kappa shape index (κ3) is 1.73. The molecule has 0 aliphatic heterocycles. The predicted molar refractivity (Wildman–Crippen MR) is 44.8 cm³/mol. The Kier molecular flexibility index (Phi) is 3.25. The van der Waals surface area contributed by atoms with Crippen molar-refractivity contribution in [1.29, 1.82) is 0 Å². The normalized spacial score (nSPS) is 8.75. The fourth-order valence-electron chi connectivity index (χ4n) is 0.832. The lowest BCUT2D eigenvalue weighted by Crippen LogP contribution is -1.96. The van der Waals surface area contributed by atoms with Gasteiger partial charge in [0.25, 0.3) is 0 Å². The summed E-state index contributed by atoms with van der Waals surface area (Å²) in [5.74, 6) is -1.26. The van der Waals surface area contributed by atoms with Gasteiger partial charge >= 0.3 is 5.97 Å².